The molecule has 0 aliphatic carbocycles. The molecule has 0 spiro atoms. The Morgan fingerprint density at radius 3 is 1.77 bits per heavy atom. The summed E-state index contributed by atoms with van der Waals surface area (Å²) in [6.07, 6.45) is 2.28. The predicted octanol–water partition coefficient (Wildman–Crippen LogP) is 11.0. The summed E-state index contributed by atoms with van der Waals surface area (Å²) in [5, 5.41) is 35.4. The Kier molecular flexibility index (Phi) is 22.1. The van der Waals surface area contributed by atoms with E-state index in [1.54, 1.807) is 34.0 Å². The maximum absolute atomic E-state index is 11.0. The molecule has 0 amide bonds. The van der Waals surface area contributed by atoms with Crippen molar-refractivity contribution >= 4 is 85.1 Å². The van der Waals surface area contributed by atoms with E-state index < -0.39 is 0 Å². The first-order valence-electron chi connectivity index (χ1n) is 17.0. The highest BCUT2D eigenvalue weighted by Crippen LogP contribution is 2.32. The number of carbonyl (C=O) groups excluding carboxylic acids is 1. The molecule has 0 radical (unpaired) electrons. The number of nitrogens with one attached hydrogen (secondary N) is 2. The summed E-state index contributed by atoms with van der Waals surface area (Å²) in [5.41, 5.74) is 0. The maximum Gasteiger partial charge on any atom is 0.173 e. The first-order valence-corrected chi connectivity index (χ1v) is 21.6. The monoisotopic (exact) mass is 818 g/mol. The number of hydrogen-bond donors (Lipinski definition) is 4. The summed E-state index contributed by atoms with van der Waals surface area (Å²) < 4.78 is 6.34. The van der Waals surface area contributed by atoms with E-state index in [1.807, 2.05) is 66.6 Å². The Morgan fingerprint density at radius 1 is 0.654 bits per heavy atom. The van der Waals surface area contributed by atoms with Gasteiger partial charge in [-0.3, -0.25) is 4.79 Å². The van der Waals surface area contributed by atoms with Crippen LogP contribution in [-0.2, 0) is 0 Å². The van der Waals surface area contributed by atoms with Crippen molar-refractivity contribution in [1.82, 2.24) is 10.6 Å². The zero-order valence-corrected chi connectivity index (χ0v) is 34.2. The Bertz CT molecular complexity index is 1730. The number of hydrogen-bond acceptors (Lipinski definition) is 10. The van der Waals surface area contributed by atoms with Gasteiger partial charge in [0.15, 0.2) is 5.78 Å². The van der Waals surface area contributed by atoms with E-state index in [4.69, 9.17) is 27.9 Å². The number of halogens is 2. The molecule has 0 aliphatic rings. The van der Waals surface area contributed by atoms with E-state index in [-0.39, 0.29) is 24.1 Å². The van der Waals surface area contributed by atoms with Crippen LogP contribution in [-0.4, -0.2) is 54.9 Å². The topological polar surface area (TPSA) is 90.8 Å². The normalized spacial score (nSPS) is 12.3. The lowest BCUT2D eigenvalue weighted by Crippen LogP contribution is -2.15. The standard InChI is InChI=1S/C18H19NOS.C8H13NOS.C7H9ClOS.C7H7ClOS/c1-19-12-11-17(18-10-5-13-21-18)20-16-9-4-7-14-6-2-3-8-15(14)16;1-9-5-4-7(10)8-3-2-6-11-8;2*8-4-3-6(9)7-2-1-5-10-7/h2-10,13,17,19H,11-12H2,1H3;2-3,6-7,9-10H,4-5H2,1H3;1-2,5-6,9H,3-4H2;1-2,5H,3-4H2/t17-;7-;6-;/m000./s1. The van der Waals surface area contributed by atoms with Crippen LogP contribution in [0.25, 0.3) is 10.8 Å². The average molecular weight is 820 g/mol. The number of fused-ring (bicyclic) bond motifs is 1. The molecular weight excluding hydrogens is 772 g/mol. The number of aliphatic hydroxyl groups excluding tert-OH is 2. The number of aliphatic hydroxyl groups is 2. The molecule has 0 fully saturated rings. The van der Waals surface area contributed by atoms with E-state index in [1.165, 1.54) is 27.0 Å². The fraction of sp³-hybridized carbons (Fsp3) is 0.325. The van der Waals surface area contributed by atoms with Gasteiger partial charge in [-0.2, -0.15) is 0 Å². The van der Waals surface area contributed by atoms with Gasteiger partial charge in [0.05, 0.1) is 17.1 Å². The molecule has 6 rings (SSSR count). The third kappa shape index (κ3) is 15.8. The second-order valence-corrected chi connectivity index (χ2v) is 15.9. The van der Waals surface area contributed by atoms with E-state index >= 15 is 0 Å². The molecular formula is C40H48Cl2N2O4S4. The molecule has 0 unspecified atom stereocenters. The first-order chi connectivity index (χ1) is 25.4. The van der Waals surface area contributed by atoms with Crippen LogP contribution >= 0.6 is 68.5 Å². The maximum atomic E-state index is 11.0. The van der Waals surface area contributed by atoms with Gasteiger partial charge in [-0.15, -0.1) is 68.5 Å². The largest absolute Gasteiger partial charge is 0.484 e. The second-order valence-electron chi connectivity index (χ2n) is 11.3. The minimum absolute atomic E-state index is 0.100. The lowest BCUT2D eigenvalue weighted by atomic mass is 10.1. The third-order valence-electron chi connectivity index (χ3n) is 7.45. The molecule has 0 saturated carbocycles. The fourth-order valence-corrected chi connectivity index (χ4v) is 8.09. The first kappa shape index (κ1) is 43.8. The SMILES string of the molecule is CNCC[C@H](O)c1cccs1.CNCC[C@H](Oc1cccc2ccccc12)c1cccs1.O=C(CCCl)c1cccs1.O[C@@H](CCCl)c1cccs1. The Morgan fingerprint density at radius 2 is 1.21 bits per heavy atom. The number of thiophene rings is 4. The van der Waals surface area contributed by atoms with Crippen molar-refractivity contribution in [3.05, 3.63) is 132 Å². The van der Waals surface area contributed by atoms with Gasteiger partial charge in [-0.05, 0) is 97.3 Å². The van der Waals surface area contributed by atoms with Gasteiger partial charge < -0.3 is 25.6 Å². The van der Waals surface area contributed by atoms with Crippen molar-refractivity contribution < 1.29 is 19.7 Å². The summed E-state index contributed by atoms with van der Waals surface area (Å²) in [4.78, 5) is 15.2. The molecule has 6 nitrogen and oxygen atoms in total. The van der Waals surface area contributed by atoms with Crippen molar-refractivity contribution in [2.75, 3.05) is 38.9 Å². The van der Waals surface area contributed by atoms with E-state index in [2.05, 4.69) is 70.6 Å². The number of rotatable bonds is 16. The zero-order valence-electron chi connectivity index (χ0n) is 29.5. The molecule has 4 heterocycles. The number of Topliss-reactive ketones (excluding diaryl/α,β-unsaturated/α-hetero) is 1. The number of ether oxygens (including phenoxy) is 1. The van der Waals surface area contributed by atoms with Crippen LogP contribution in [0, 0.1) is 0 Å². The van der Waals surface area contributed by atoms with Crippen LogP contribution in [0.4, 0.5) is 0 Å². The highest BCUT2D eigenvalue weighted by molar-refractivity contribution is 7.12. The van der Waals surface area contributed by atoms with E-state index in [0.717, 1.165) is 46.3 Å². The predicted molar refractivity (Wildman–Crippen MR) is 227 cm³/mol. The van der Waals surface area contributed by atoms with Crippen LogP contribution in [0.15, 0.2) is 113 Å². The quantitative estimate of drug-likeness (QED) is 0.0574. The molecule has 0 bridgehead atoms. The molecule has 0 saturated heterocycles. The van der Waals surface area contributed by atoms with E-state index in [0.29, 0.717) is 24.6 Å². The van der Waals surface area contributed by atoms with Gasteiger partial charge in [-0.25, -0.2) is 0 Å². The molecule has 6 aromatic rings. The van der Waals surface area contributed by atoms with E-state index in [9.17, 15) is 15.0 Å². The molecule has 280 valence electrons. The molecule has 0 aliphatic heterocycles. The van der Waals surface area contributed by atoms with Gasteiger partial charge in [0.1, 0.15) is 11.9 Å². The lowest BCUT2D eigenvalue weighted by Gasteiger charge is -2.19. The summed E-state index contributed by atoms with van der Waals surface area (Å²) in [5.74, 6) is 2.03. The average Bonchev–Trinajstić information content (AvgIpc) is 4.01. The van der Waals surface area contributed by atoms with Gasteiger partial charge in [0.25, 0.3) is 0 Å². The smallest absolute Gasteiger partial charge is 0.173 e. The van der Waals surface area contributed by atoms with Gasteiger partial charge in [-0.1, -0.05) is 60.7 Å². The summed E-state index contributed by atoms with van der Waals surface area (Å²) in [6, 6.07) is 30.3. The zero-order chi connectivity index (χ0) is 37.4. The third-order valence-corrected chi connectivity index (χ3v) is 11.7. The second kappa shape index (κ2) is 26.2. The van der Waals surface area contributed by atoms with Crippen molar-refractivity contribution in [2.45, 2.75) is 44.0 Å². The molecule has 4 aromatic heterocycles. The van der Waals surface area contributed by atoms with Crippen LogP contribution in [0.1, 0.15) is 68.3 Å². The van der Waals surface area contributed by atoms with Gasteiger partial charge in [0.2, 0.25) is 0 Å². The van der Waals surface area contributed by atoms with Crippen LogP contribution in [0.3, 0.4) is 0 Å². The number of carbonyl (C=O) groups is 1. The Balaban J connectivity index is 0.000000201. The van der Waals surface area contributed by atoms with Crippen molar-refractivity contribution in [1.29, 1.82) is 0 Å². The molecule has 2 aromatic carbocycles. The van der Waals surface area contributed by atoms with Gasteiger partial charge in [0, 0.05) is 44.6 Å². The summed E-state index contributed by atoms with van der Waals surface area (Å²) >= 11 is 17.2. The van der Waals surface area contributed by atoms with Crippen molar-refractivity contribution in [2.24, 2.45) is 0 Å². The highest BCUT2D eigenvalue weighted by atomic mass is 35.5. The molecule has 3 atom stereocenters. The molecule has 52 heavy (non-hydrogen) atoms. The summed E-state index contributed by atoms with van der Waals surface area (Å²) in [7, 11) is 3.87. The minimum Gasteiger partial charge on any atom is -0.484 e. The Labute approximate surface area is 334 Å². The van der Waals surface area contributed by atoms with Crippen LogP contribution < -0.4 is 15.4 Å². The van der Waals surface area contributed by atoms with Crippen LogP contribution in [0.5, 0.6) is 5.75 Å². The number of benzene rings is 2. The summed E-state index contributed by atoms with van der Waals surface area (Å²) in [6.45, 7) is 1.80. The van der Waals surface area contributed by atoms with Crippen molar-refractivity contribution in [3.8, 4) is 5.75 Å². The number of alkyl halides is 2. The molecule has 4 N–H and O–H groups in total. The molecule has 12 heteroatoms. The van der Waals surface area contributed by atoms with Crippen molar-refractivity contribution in [3.63, 3.8) is 0 Å². The lowest BCUT2D eigenvalue weighted by molar-refractivity contribution is 0.0993. The van der Waals surface area contributed by atoms with Crippen LogP contribution in [0.2, 0.25) is 0 Å². The number of ketones is 1. The Hall–Kier alpha value is -2.61. The van der Waals surface area contributed by atoms with Gasteiger partial charge >= 0.3 is 0 Å². The minimum atomic E-state index is -0.363. The highest BCUT2D eigenvalue weighted by Gasteiger charge is 2.15. The fourth-order valence-electron chi connectivity index (χ4n) is 4.74.